The van der Waals surface area contributed by atoms with Crippen molar-refractivity contribution in [3.63, 3.8) is 0 Å². The maximum Gasteiger partial charge on any atom is 0.338 e. The summed E-state index contributed by atoms with van der Waals surface area (Å²) < 4.78 is 9.67. The van der Waals surface area contributed by atoms with E-state index in [0.29, 0.717) is 5.56 Å². The molecule has 1 aromatic carbocycles. The molecule has 0 atom stereocenters. The normalized spacial score (nSPS) is 9.76. The predicted molar refractivity (Wildman–Crippen MR) is 62.7 cm³/mol. The van der Waals surface area contributed by atoms with E-state index in [9.17, 15) is 9.59 Å². The van der Waals surface area contributed by atoms with Crippen molar-refractivity contribution in [3.8, 4) is 0 Å². The number of carbonyl (C=O) groups excluding carboxylic acids is 2. The first-order valence-corrected chi connectivity index (χ1v) is 5.53. The molecule has 1 aromatic rings. The number of aryl methyl sites for hydroxylation is 1. The molecule has 0 saturated heterocycles. The third-order valence-electron chi connectivity index (χ3n) is 2.24. The average Bonchev–Trinajstić information content (AvgIpc) is 2.34. The lowest BCUT2D eigenvalue weighted by atomic mass is 10.1. The number of carbonyl (C=O) groups is 2. The van der Waals surface area contributed by atoms with Crippen LogP contribution in [0.1, 0.15) is 29.8 Å². The van der Waals surface area contributed by atoms with Gasteiger partial charge in [0.25, 0.3) is 0 Å². The first kappa shape index (κ1) is 13.2. The Hall–Kier alpha value is -1.84. The zero-order chi connectivity index (χ0) is 12.7. The fraction of sp³-hybridized carbons (Fsp3) is 0.385. The summed E-state index contributed by atoms with van der Waals surface area (Å²) in [6, 6.07) is 7.30. The minimum atomic E-state index is -0.380. The number of esters is 2. The molecule has 4 nitrogen and oxygen atoms in total. The highest BCUT2D eigenvalue weighted by Crippen LogP contribution is 2.10. The maximum absolute atomic E-state index is 11.7. The lowest BCUT2D eigenvalue weighted by molar-refractivity contribution is -0.142. The van der Waals surface area contributed by atoms with Crippen LogP contribution < -0.4 is 0 Å². The molecule has 0 N–H and O–H groups in total. The summed E-state index contributed by atoms with van der Waals surface area (Å²) in [6.07, 6.45) is 0.773. The number of benzene rings is 1. The van der Waals surface area contributed by atoms with Gasteiger partial charge in [-0.05, 0) is 18.1 Å². The first-order valence-electron chi connectivity index (χ1n) is 5.53. The minimum Gasteiger partial charge on any atom is -0.462 e. The summed E-state index contributed by atoms with van der Waals surface area (Å²) in [7, 11) is 0. The Morgan fingerprint density at radius 1 is 1.12 bits per heavy atom. The highest BCUT2D eigenvalue weighted by molar-refractivity contribution is 5.91. The van der Waals surface area contributed by atoms with Crippen molar-refractivity contribution in [2.45, 2.75) is 20.3 Å². The second-order valence-electron chi connectivity index (χ2n) is 3.49. The molecule has 1 rings (SSSR count). The summed E-state index contributed by atoms with van der Waals surface area (Å²) in [5, 5.41) is 0. The van der Waals surface area contributed by atoms with Gasteiger partial charge in [-0.1, -0.05) is 25.1 Å². The van der Waals surface area contributed by atoms with Gasteiger partial charge in [-0.3, -0.25) is 4.79 Å². The van der Waals surface area contributed by atoms with E-state index in [4.69, 9.17) is 4.74 Å². The van der Waals surface area contributed by atoms with E-state index >= 15 is 0 Å². The van der Waals surface area contributed by atoms with Crippen molar-refractivity contribution in [1.82, 2.24) is 0 Å². The van der Waals surface area contributed by atoms with Crippen molar-refractivity contribution in [1.29, 1.82) is 0 Å². The smallest absolute Gasteiger partial charge is 0.338 e. The van der Waals surface area contributed by atoms with E-state index in [-0.39, 0.29) is 25.2 Å². The Labute approximate surface area is 101 Å². The van der Waals surface area contributed by atoms with Gasteiger partial charge in [-0.15, -0.1) is 0 Å². The van der Waals surface area contributed by atoms with Crippen LogP contribution in [0.25, 0.3) is 0 Å². The van der Waals surface area contributed by atoms with Crippen molar-refractivity contribution in [2.75, 3.05) is 13.2 Å². The van der Waals surface area contributed by atoms with E-state index in [1.165, 1.54) is 6.92 Å². The Morgan fingerprint density at radius 3 is 2.41 bits per heavy atom. The van der Waals surface area contributed by atoms with Crippen LogP contribution in [-0.4, -0.2) is 25.2 Å². The number of hydrogen-bond donors (Lipinski definition) is 0. The van der Waals surface area contributed by atoms with Gasteiger partial charge in [0, 0.05) is 6.92 Å². The molecule has 0 spiro atoms. The zero-order valence-electron chi connectivity index (χ0n) is 10.1. The summed E-state index contributed by atoms with van der Waals surface area (Å²) in [5.74, 6) is -0.760. The Balaban J connectivity index is 2.49. The van der Waals surface area contributed by atoms with Crippen molar-refractivity contribution in [3.05, 3.63) is 35.4 Å². The highest BCUT2D eigenvalue weighted by atomic mass is 16.6. The molecule has 92 valence electrons. The molecule has 0 saturated carbocycles. The van der Waals surface area contributed by atoms with Crippen molar-refractivity contribution < 1.29 is 19.1 Å². The van der Waals surface area contributed by atoms with Crippen LogP contribution in [0, 0.1) is 0 Å². The van der Waals surface area contributed by atoms with Crippen molar-refractivity contribution in [2.24, 2.45) is 0 Å². The van der Waals surface area contributed by atoms with Gasteiger partial charge >= 0.3 is 11.9 Å². The largest absolute Gasteiger partial charge is 0.462 e. The van der Waals surface area contributed by atoms with Crippen LogP contribution in [0.2, 0.25) is 0 Å². The molecule has 0 radical (unpaired) electrons. The van der Waals surface area contributed by atoms with Gasteiger partial charge in [0.15, 0.2) is 0 Å². The van der Waals surface area contributed by atoms with Crippen molar-refractivity contribution >= 4 is 11.9 Å². The van der Waals surface area contributed by atoms with Crippen LogP contribution in [0.5, 0.6) is 0 Å². The van der Waals surface area contributed by atoms with Crippen LogP contribution in [0.3, 0.4) is 0 Å². The molecule has 0 aliphatic heterocycles. The SMILES string of the molecule is CCc1ccccc1C(=O)OCCOC(C)=O. The molecule has 0 aromatic heterocycles. The van der Waals surface area contributed by atoms with Gasteiger partial charge in [0.05, 0.1) is 5.56 Å². The molecule has 0 unspecified atom stereocenters. The summed E-state index contributed by atoms with van der Waals surface area (Å²) in [5.41, 5.74) is 1.52. The van der Waals surface area contributed by atoms with E-state index in [2.05, 4.69) is 4.74 Å². The third kappa shape index (κ3) is 4.26. The second kappa shape index (κ2) is 6.68. The molecular formula is C13H16O4. The molecule has 17 heavy (non-hydrogen) atoms. The predicted octanol–water partition coefficient (Wildman–Crippen LogP) is 1.97. The van der Waals surface area contributed by atoms with Gasteiger partial charge in [-0.25, -0.2) is 4.79 Å². The Kier molecular flexibility index (Phi) is 5.20. The Bertz CT molecular complexity index is 398. The average molecular weight is 236 g/mol. The summed E-state index contributed by atoms with van der Waals surface area (Å²) in [6.45, 7) is 3.46. The monoisotopic (exact) mass is 236 g/mol. The first-order chi connectivity index (χ1) is 8.15. The summed E-state index contributed by atoms with van der Waals surface area (Å²) >= 11 is 0. The van der Waals surface area contributed by atoms with Crippen LogP contribution in [0.15, 0.2) is 24.3 Å². The quantitative estimate of drug-likeness (QED) is 0.579. The van der Waals surface area contributed by atoms with E-state index in [1.54, 1.807) is 12.1 Å². The number of hydrogen-bond acceptors (Lipinski definition) is 4. The molecule has 0 heterocycles. The molecule has 0 bridgehead atoms. The molecule has 0 amide bonds. The molecule has 0 aliphatic rings. The third-order valence-corrected chi connectivity index (χ3v) is 2.24. The van der Waals surface area contributed by atoms with E-state index in [0.717, 1.165) is 12.0 Å². The molecular weight excluding hydrogens is 220 g/mol. The molecule has 4 heteroatoms. The van der Waals surface area contributed by atoms with Gasteiger partial charge in [0.2, 0.25) is 0 Å². The number of rotatable bonds is 5. The summed E-state index contributed by atoms with van der Waals surface area (Å²) in [4.78, 5) is 22.2. The number of ether oxygens (including phenoxy) is 2. The van der Waals surface area contributed by atoms with Crippen LogP contribution >= 0.6 is 0 Å². The van der Waals surface area contributed by atoms with Gasteiger partial charge in [0.1, 0.15) is 13.2 Å². The van der Waals surface area contributed by atoms with E-state index < -0.39 is 0 Å². The maximum atomic E-state index is 11.7. The second-order valence-corrected chi connectivity index (χ2v) is 3.49. The van der Waals surface area contributed by atoms with Gasteiger partial charge in [-0.2, -0.15) is 0 Å². The Morgan fingerprint density at radius 2 is 1.76 bits per heavy atom. The lowest BCUT2D eigenvalue weighted by Gasteiger charge is -2.08. The van der Waals surface area contributed by atoms with Crippen LogP contribution in [-0.2, 0) is 20.7 Å². The fourth-order valence-electron chi connectivity index (χ4n) is 1.43. The van der Waals surface area contributed by atoms with Gasteiger partial charge < -0.3 is 9.47 Å². The topological polar surface area (TPSA) is 52.6 Å². The molecule has 0 fully saturated rings. The van der Waals surface area contributed by atoms with Crippen LogP contribution in [0.4, 0.5) is 0 Å². The molecule has 0 aliphatic carbocycles. The minimum absolute atomic E-state index is 0.0798. The standard InChI is InChI=1S/C13H16O4/c1-3-11-6-4-5-7-12(11)13(15)17-9-8-16-10(2)14/h4-7H,3,8-9H2,1-2H3. The zero-order valence-corrected chi connectivity index (χ0v) is 10.1. The van der Waals surface area contributed by atoms with E-state index in [1.807, 2.05) is 19.1 Å². The lowest BCUT2D eigenvalue weighted by Crippen LogP contribution is -2.13. The highest BCUT2D eigenvalue weighted by Gasteiger charge is 2.10. The fourth-order valence-corrected chi connectivity index (χ4v) is 1.43.